The minimum Gasteiger partial charge on any atom is -0.493 e. The molecule has 0 amide bonds. The second-order valence-corrected chi connectivity index (χ2v) is 9.62. The predicted molar refractivity (Wildman–Crippen MR) is 143 cm³/mol. The van der Waals surface area contributed by atoms with Crippen LogP contribution in [0, 0.1) is 0 Å². The molecule has 0 aromatic heterocycles. The number of anilines is 2. The number of hydrogen-bond acceptors (Lipinski definition) is 6. The lowest BCUT2D eigenvalue weighted by Crippen LogP contribution is -2.27. The van der Waals surface area contributed by atoms with Gasteiger partial charge in [0.25, 0.3) is 0 Å². The Morgan fingerprint density at radius 2 is 1.50 bits per heavy atom. The van der Waals surface area contributed by atoms with Gasteiger partial charge in [0.15, 0.2) is 17.3 Å². The number of Topliss-reactive ketones (excluding diaryl/α,β-unsaturated/α-hetero) is 1. The summed E-state index contributed by atoms with van der Waals surface area (Å²) in [7, 11) is 4.75. The Morgan fingerprint density at radius 3 is 2.14 bits per heavy atom. The molecule has 186 valence electrons. The van der Waals surface area contributed by atoms with Crippen LogP contribution >= 0.6 is 23.2 Å². The zero-order valence-corrected chi connectivity index (χ0v) is 21.7. The molecular weight excluding hydrogens is 499 g/mol. The number of rotatable bonds is 5. The smallest absolute Gasteiger partial charge is 0.203 e. The number of allylic oxidation sites excluding steroid dienone is 1. The van der Waals surface area contributed by atoms with E-state index in [0.29, 0.717) is 45.7 Å². The van der Waals surface area contributed by atoms with Gasteiger partial charge in [0.1, 0.15) is 0 Å². The zero-order chi connectivity index (χ0) is 25.4. The third-order valence-electron chi connectivity index (χ3n) is 6.74. The monoisotopic (exact) mass is 524 g/mol. The highest BCUT2D eigenvalue weighted by molar-refractivity contribution is 6.42. The molecule has 1 aliphatic heterocycles. The standard InChI is InChI=1S/C28H26Cl2N2O4/c1-34-24-13-17(14-25(35-2)28(24)36-3)16-11-22-26(23(33)12-16)27(15-8-9-18(29)19(30)10-15)32-21-7-5-4-6-20(21)31-22/h4-10,13-14,16,27,31-32H,11-12H2,1-3H3/t16-,27+/m1/s1. The van der Waals surface area contributed by atoms with Crippen molar-refractivity contribution in [2.75, 3.05) is 32.0 Å². The average molecular weight is 525 g/mol. The Balaban J connectivity index is 1.60. The van der Waals surface area contributed by atoms with Crippen molar-refractivity contribution in [1.82, 2.24) is 0 Å². The lowest BCUT2D eigenvalue weighted by Gasteiger charge is -2.30. The van der Waals surface area contributed by atoms with E-state index in [1.54, 1.807) is 27.4 Å². The summed E-state index contributed by atoms with van der Waals surface area (Å²) in [5, 5.41) is 8.02. The summed E-state index contributed by atoms with van der Waals surface area (Å²) in [6, 6.07) is 16.9. The Hall–Kier alpha value is -3.35. The molecule has 8 heteroatoms. The summed E-state index contributed by atoms with van der Waals surface area (Å²) in [4.78, 5) is 13.8. The summed E-state index contributed by atoms with van der Waals surface area (Å²) in [6.45, 7) is 0. The first-order chi connectivity index (χ1) is 17.4. The highest BCUT2D eigenvalue weighted by atomic mass is 35.5. The molecule has 6 nitrogen and oxygen atoms in total. The summed E-state index contributed by atoms with van der Waals surface area (Å²) in [6.07, 6.45) is 0.975. The van der Waals surface area contributed by atoms with Gasteiger partial charge < -0.3 is 24.8 Å². The molecule has 3 aromatic rings. The van der Waals surface area contributed by atoms with Crippen molar-refractivity contribution >= 4 is 40.4 Å². The average Bonchev–Trinajstić information content (AvgIpc) is 3.06. The summed E-state index contributed by atoms with van der Waals surface area (Å²) in [5.41, 5.74) is 5.20. The van der Waals surface area contributed by atoms with Crippen LogP contribution in [0.4, 0.5) is 11.4 Å². The molecule has 1 heterocycles. The number of ether oxygens (including phenoxy) is 3. The van der Waals surface area contributed by atoms with Gasteiger partial charge in [-0.15, -0.1) is 0 Å². The Labute approximate surface area is 220 Å². The number of benzene rings is 3. The van der Waals surface area contributed by atoms with Gasteiger partial charge in [-0.25, -0.2) is 0 Å². The summed E-state index contributed by atoms with van der Waals surface area (Å²) < 4.78 is 16.6. The van der Waals surface area contributed by atoms with Crippen LogP contribution < -0.4 is 24.8 Å². The Morgan fingerprint density at radius 1 is 0.806 bits per heavy atom. The number of fused-ring (bicyclic) bond motifs is 1. The van der Waals surface area contributed by atoms with E-state index in [0.717, 1.165) is 28.2 Å². The van der Waals surface area contributed by atoms with Gasteiger partial charge in [-0.2, -0.15) is 0 Å². The number of methoxy groups -OCH3 is 3. The third kappa shape index (κ3) is 4.36. The van der Waals surface area contributed by atoms with Crippen molar-refractivity contribution < 1.29 is 19.0 Å². The van der Waals surface area contributed by atoms with Gasteiger partial charge in [-0.05, 0) is 59.9 Å². The van der Waals surface area contributed by atoms with Crippen LogP contribution in [0.25, 0.3) is 0 Å². The molecule has 0 radical (unpaired) electrons. The van der Waals surface area contributed by atoms with Crippen molar-refractivity contribution in [1.29, 1.82) is 0 Å². The summed E-state index contributed by atoms with van der Waals surface area (Å²) in [5.74, 6) is 1.63. The quantitative estimate of drug-likeness (QED) is 0.374. The SMILES string of the molecule is COc1cc([C@H]2CC(=O)C3=C(C2)Nc2ccccc2N[C@H]3c2ccc(Cl)c(Cl)c2)cc(OC)c1OC. The van der Waals surface area contributed by atoms with Crippen LogP contribution in [0.1, 0.15) is 35.9 Å². The molecule has 2 aliphatic rings. The highest BCUT2D eigenvalue weighted by Crippen LogP contribution is 2.47. The molecule has 36 heavy (non-hydrogen) atoms. The highest BCUT2D eigenvalue weighted by Gasteiger charge is 2.36. The van der Waals surface area contributed by atoms with E-state index in [1.165, 1.54) is 0 Å². The second kappa shape index (κ2) is 9.96. The first kappa shape index (κ1) is 24.3. The van der Waals surface area contributed by atoms with E-state index < -0.39 is 0 Å². The minimum absolute atomic E-state index is 0.0545. The number of para-hydroxylation sites is 2. The van der Waals surface area contributed by atoms with Crippen LogP contribution in [0.3, 0.4) is 0 Å². The third-order valence-corrected chi connectivity index (χ3v) is 7.48. The summed E-state index contributed by atoms with van der Waals surface area (Å²) >= 11 is 12.5. The topological polar surface area (TPSA) is 68.8 Å². The maximum atomic E-state index is 13.8. The van der Waals surface area contributed by atoms with E-state index in [2.05, 4.69) is 10.6 Å². The molecular formula is C28H26Cl2N2O4. The lowest BCUT2D eigenvalue weighted by atomic mass is 9.78. The van der Waals surface area contributed by atoms with E-state index in [9.17, 15) is 4.79 Å². The van der Waals surface area contributed by atoms with Crippen LogP contribution in [0.15, 0.2) is 65.9 Å². The zero-order valence-electron chi connectivity index (χ0n) is 20.2. The van der Waals surface area contributed by atoms with Crippen molar-refractivity contribution in [2.24, 2.45) is 0 Å². The van der Waals surface area contributed by atoms with Crippen molar-refractivity contribution in [3.05, 3.63) is 87.0 Å². The largest absolute Gasteiger partial charge is 0.493 e. The maximum absolute atomic E-state index is 13.8. The molecule has 0 spiro atoms. The van der Waals surface area contributed by atoms with Crippen molar-refractivity contribution in [2.45, 2.75) is 24.8 Å². The molecule has 0 fully saturated rings. The van der Waals surface area contributed by atoms with Gasteiger partial charge >= 0.3 is 0 Å². The second-order valence-electron chi connectivity index (χ2n) is 8.80. The minimum atomic E-state index is -0.376. The van der Waals surface area contributed by atoms with E-state index in [-0.39, 0.29) is 17.7 Å². The molecule has 0 saturated heterocycles. The molecule has 1 aliphatic carbocycles. The molecule has 3 aromatic carbocycles. The lowest BCUT2D eigenvalue weighted by molar-refractivity contribution is -0.116. The van der Waals surface area contributed by atoms with Gasteiger partial charge in [-0.1, -0.05) is 41.4 Å². The number of ketones is 1. The Kier molecular flexibility index (Phi) is 6.73. The number of hydrogen-bond donors (Lipinski definition) is 2. The number of carbonyl (C=O) groups excluding carboxylic acids is 1. The first-order valence-corrected chi connectivity index (χ1v) is 12.3. The molecule has 0 unspecified atom stereocenters. The molecule has 0 bridgehead atoms. The van der Waals surface area contributed by atoms with Gasteiger partial charge in [-0.3, -0.25) is 4.79 Å². The van der Waals surface area contributed by atoms with Crippen molar-refractivity contribution in [3.8, 4) is 17.2 Å². The fourth-order valence-electron chi connectivity index (χ4n) is 5.01. The molecule has 2 atom stereocenters. The fourth-order valence-corrected chi connectivity index (χ4v) is 5.31. The van der Waals surface area contributed by atoms with E-state index >= 15 is 0 Å². The number of carbonyl (C=O) groups is 1. The maximum Gasteiger partial charge on any atom is 0.203 e. The van der Waals surface area contributed by atoms with Gasteiger partial charge in [0.2, 0.25) is 5.75 Å². The van der Waals surface area contributed by atoms with Crippen LogP contribution in [0.5, 0.6) is 17.2 Å². The number of halogens is 2. The normalized spacial score (nSPS) is 18.9. The van der Waals surface area contributed by atoms with Crippen LogP contribution in [0.2, 0.25) is 10.0 Å². The van der Waals surface area contributed by atoms with Gasteiger partial charge in [0.05, 0.1) is 48.8 Å². The predicted octanol–water partition coefficient (Wildman–Crippen LogP) is 7.00. The molecule has 5 rings (SSSR count). The van der Waals surface area contributed by atoms with E-state index in [4.69, 9.17) is 37.4 Å². The first-order valence-electron chi connectivity index (χ1n) is 11.6. The van der Waals surface area contributed by atoms with Crippen molar-refractivity contribution in [3.63, 3.8) is 0 Å². The molecule has 0 saturated carbocycles. The van der Waals surface area contributed by atoms with Crippen LogP contribution in [-0.2, 0) is 4.79 Å². The number of nitrogens with one attached hydrogen (secondary N) is 2. The van der Waals surface area contributed by atoms with E-state index in [1.807, 2.05) is 48.5 Å². The Bertz CT molecular complexity index is 1350. The molecule has 2 N–H and O–H groups in total. The van der Waals surface area contributed by atoms with Crippen LogP contribution in [-0.4, -0.2) is 27.1 Å². The fraction of sp³-hybridized carbons (Fsp3) is 0.250. The van der Waals surface area contributed by atoms with Gasteiger partial charge in [0, 0.05) is 17.7 Å².